The zero-order valence-corrected chi connectivity index (χ0v) is 14.8. The predicted molar refractivity (Wildman–Crippen MR) is 92.1 cm³/mol. The van der Waals surface area contributed by atoms with Crippen LogP contribution < -0.4 is 5.32 Å². The molecule has 124 valence electrons. The van der Waals surface area contributed by atoms with Crippen molar-refractivity contribution in [3.63, 3.8) is 0 Å². The van der Waals surface area contributed by atoms with Crippen molar-refractivity contribution < 1.29 is 9.53 Å². The zero-order chi connectivity index (χ0) is 15.9. The Balaban J connectivity index is 1.69. The molecule has 4 heteroatoms. The standard InChI is InChI=1S/C18H29NO2S/c1-13(2)16-7-6-14(3)11-17(16)21-12-18(20)19-9-8-15-5-4-10-22-15/h4-5,10,13-14,16-17H,6-9,11-12H2,1-3H3,(H,19,20)/t14-,16+,17-/m1/s1. The van der Waals surface area contributed by atoms with Gasteiger partial charge in [0.05, 0.1) is 6.10 Å². The quantitative estimate of drug-likeness (QED) is 0.827. The van der Waals surface area contributed by atoms with Crippen molar-refractivity contribution in [2.24, 2.45) is 17.8 Å². The van der Waals surface area contributed by atoms with E-state index in [1.807, 2.05) is 6.07 Å². The first-order valence-corrected chi connectivity index (χ1v) is 9.35. The van der Waals surface area contributed by atoms with E-state index < -0.39 is 0 Å². The molecule has 0 aromatic carbocycles. The van der Waals surface area contributed by atoms with E-state index in [-0.39, 0.29) is 18.6 Å². The molecule has 1 N–H and O–H groups in total. The van der Waals surface area contributed by atoms with Crippen LogP contribution >= 0.6 is 11.3 Å². The van der Waals surface area contributed by atoms with E-state index in [1.54, 1.807) is 11.3 Å². The second-order valence-corrected chi connectivity index (χ2v) is 7.89. The van der Waals surface area contributed by atoms with Gasteiger partial charge in [-0.3, -0.25) is 4.79 Å². The fourth-order valence-electron chi connectivity index (χ4n) is 3.32. The lowest BCUT2D eigenvalue weighted by molar-refractivity contribution is -0.131. The Morgan fingerprint density at radius 3 is 2.95 bits per heavy atom. The van der Waals surface area contributed by atoms with Crippen LogP contribution in [0.5, 0.6) is 0 Å². The largest absolute Gasteiger partial charge is 0.368 e. The lowest BCUT2D eigenvalue weighted by Gasteiger charge is -2.37. The summed E-state index contributed by atoms with van der Waals surface area (Å²) in [6, 6.07) is 4.14. The highest BCUT2D eigenvalue weighted by atomic mass is 32.1. The van der Waals surface area contributed by atoms with Crippen LogP contribution in [0.3, 0.4) is 0 Å². The maximum Gasteiger partial charge on any atom is 0.246 e. The topological polar surface area (TPSA) is 38.3 Å². The van der Waals surface area contributed by atoms with Crippen LogP contribution in [0.25, 0.3) is 0 Å². The Morgan fingerprint density at radius 1 is 1.45 bits per heavy atom. The molecular formula is C18H29NO2S. The molecule has 1 aromatic heterocycles. The summed E-state index contributed by atoms with van der Waals surface area (Å²) in [7, 11) is 0. The molecule has 1 fully saturated rings. The summed E-state index contributed by atoms with van der Waals surface area (Å²) in [5.74, 6) is 1.94. The summed E-state index contributed by atoms with van der Waals surface area (Å²) in [5.41, 5.74) is 0. The Bertz CT molecular complexity index is 444. The Morgan fingerprint density at radius 2 is 2.27 bits per heavy atom. The highest BCUT2D eigenvalue weighted by Crippen LogP contribution is 2.35. The minimum Gasteiger partial charge on any atom is -0.368 e. The van der Waals surface area contributed by atoms with Crippen LogP contribution in [0, 0.1) is 17.8 Å². The monoisotopic (exact) mass is 323 g/mol. The van der Waals surface area contributed by atoms with Crippen molar-refractivity contribution in [1.29, 1.82) is 0 Å². The van der Waals surface area contributed by atoms with E-state index in [1.165, 1.54) is 17.7 Å². The first-order valence-electron chi connectivity index (χ1n) is 8.47. The molecule has 1 aliphatic rings. The minimum atomic E-state index is 0.0114. The molecule has 0 aliphatic heterocycles. The van der Waals surface area contributed by atoms with E-state index in [4.69, 9.17) is 4.74 Å². The maximum atomic E-state index is 11.9. The van der Waals surface area contributed by atoms with Crippen molar-refractivity contribution in [1.82, 2.24) is 5.32 Å². The third kappa shape index (κ3) is 5.40. The van der Waals surface area contributed by atoms with Crippen molar-refractivity contribution in [2.45, 2.75) is 52.6 Å². The minimum absolute atomic E-state index is 0.0114. The van der Waals surface area contributed by atoms with Gasteiger partial charge in [-0.05, 0) is 48.5 Å². The second-order valence-electron chi connectivity index (χ2n) is 6.85. The number of rotatable bonds is 7. The van der Waals surface area contributed by atoms with Crippen molar-refractivity contribution in [3.05, 3.63) is 22.4 Å². The van der Waals surface area contributed by atoms with Crippen molar-refractivity contribution in [2.75, 3.05) is 13.2 Å². The van der Waals surface area contributed by atoms with Crippen LogP contribution in [0.1, 0.15) is 44.9 Å². The molecule has 2 rings (SSSR count). The Labute approximate surface area is 138 Å². The summed E-state index contributed by atoms with van der Waals surface area (Å²) in [5, 5.41) is 5.02. The number of hydrogen-bond acceptors (Lipinski definition) is 3. The van der Waals surface area contributed by atoms with Gasteiger partial charge in [-0.2, -0.15) is 0 Å². The first-order chi connectivity index (χ1) is 10.6. The molecule has 0 radical (unpaired) electrons. The lowest BCUT2D eigenvalue weighted by atomic mass is 9.75. The SMILES string of the molecule is CC(C)[C@@H]1CC[C@@H](C)C[C@H]1OCC(=O)NCCc1cccs1. The van der Waals surface area contributed by atoms with Crippen LogP contribution in [0.2, 0.25) is 0 Å². The Hall–Kier alpha value is -0.870. The fourth-order valence-corrected chi connectivity index (χ4v) is 4.03. The molecule has 1 heterocycles. The van der Waals surface area contributed by atoms with Crippen LogP contribution in [0.15, 0.2) is 17.5 Å². The van der Waals surface area contributed by atoms with E-state index >= 15 is 0 Å². The summed E-state index contributed by atoms with van der Waals surface area (Å²) in [6.07, 6.45) is 4.75. The number of amides is 1. The van der Waals surface area contributed by atoms with Gasteiger partial charge >= 0.3 is 0 Å². The van der Waals surface area contributed by atoms with E-state index in [2.05, 4.69) is 37.5 Å². The normalized spacial score (nSPS) is 25.4. The number of ether oxygens (including phenoxy) is 1. The highest BCUT2D eigenvalue weighted by molar-refractivity contribution is 7.09. The third-order valence-electron chi connectivity index (χ3n) is 4.66. The molecule has 3 atom stereocenters. The average Bonchev–Trinajstić information content (AvgIpc) is 2.98. The highest BCUT2D eigenvalue weighted by Gasteiger charge is 2.31. The van der Waals surface area contributed by atoms with Crippen LogP contribution in [0.4, 0.5) is 0 Å². The van der Waals surface area contributed by atoms with Crippen LogP contribution in [-0.2, 0) is 16.0 Å². The predicted octanol–water partition coefficient (Wildman–Crippen LogP) is 3.88. The molecule has 0 saturated heterocycles. The van der Waals surface area contributed by atoms with E-state index in [0.29, 0.717) is 24.3 Å². The van der Waals surface area contributed by atoms with Gasteiger partial charge in [0, 0.05) is 11.4 Å². The van der Waals surface area contributed by atoms with Gasteiger partial charge < -0.3 is 10.1 Å². The molecule has 1 aromatic rings. The molecule has 1 saturated carbocycles. The number of carbonyl (C=O) groups is 1. The van der Waals surface area contributed by atoms with Gasteiger partial charge in [0.1, 0.15) is 6.61 Å². The molecular weight excluding hydrogens is 294 g/mol. The van der Waals surface area contributed by atoms with Gasteiger partial charge in [0.2, 0.25) is 5.91 Å². The van der Waals surface area contributed by atoms with Gasteiger partial charge in [-0.25, -0.2) is 0 Å². The number of thiophene rings is 1. The van der Waals surface area contributed by atoms with Gasteiger partial charge in [0.15, 0.2) is 0 Å². The lowest BCUT2D eigenvalue weighted by Crippen LogP contribution is -2.38. The molecule has 0 bridgehead atoms. The van der Waals surface area contributed by atoms with Crippen LogP contribution in [-0.4, -0.2) is 25.2 Å². The summed E-state index contributed by atoms with van der Waals surface area (Å²) >= 11 is 1.73. The average molecular weight is 324 g/mol. The summed E-state index contributed by atoms with van der Waals surface area (Å²) in [4.78, 5) is 13.2. The van der Waals surface area contributed by atoms with Gasteiger partial charge in [-0.1, -0.05) is 33.3 Å². The molecule has 3 nitrogen and oxygen atoms in total. The van der Waals surface area contributed by atoms with Gasteiger partial charge in [-0.15, -0.1) is 11.3 Å². The first kappa shape index (κ1) is 17.5. The number of hydrogen-bond donors (Lipinski definition) is 1. The van der Waals surface area contributed by atoms with E-state index in [0.717, 1.165) is 12.8 Å². The number of nitrogens with one attached hydrogen (secondary N) is 1. The summed E-state index contributed by atoms with van der Waals surface area (Å²) in [6.45, 7) is 7.70. The molecule has 1 amide bonds. The zero-order valence-electron chi connectivity index (χ0n) is 14.0. The smallest absolute Gasteiger partial charge is 0.246 e. The number of carbonyl (C=O) groups excluding carboxylic acids is 1. The molecule has 0 spiro atoms. The second kappa shape index (κ2) is 8.68. The van der Waals surface area contributed by atoms with Crippen molar-refractivity contribution >= 4 is 17.2 Å². The Kier molecular flexibility index (Phi) is 6.90. The fraction of sp³-hybridized carbons (Fsp3) is 0.722. The van der Waals surface area contributed by atoms with Gasteiger partial charge in [0.25, 0.3) is 0 Å². The van der Waals surface area contributed by atoms with Crippen molar-refractivity contribution in [3.8, 4) is 0 Å². The maximum absolute atomic E-state index is 11.9. The van der Waals surface area contributed by atoms with E-state index in [9.17, 15) is 4.79 Å². The molecule has 1 aliphatic carbocycles. The summed E-state index contributed by atoms with van der Waals surface area (Å²) < 4.78 is 5.97. The third-order valence-corrected chi connectivity index (χ3v) is 5.60. The molecule has 0 unspecified atom stereocenters. The molecule has 22 heavy (non-hydrogen) atoms.